The minimum Gasteiger partial charge on any atom is -0.468 e. The molecule has 0 amide bonds. The first-order valence-corrected chi connectivity index (χ1v) is 5.56. The lowest BCUT2D eigenvalue weighted by molar-refractivity contribution is -0.143. The van der Waals surface area contributed by atoms with Crippen LogP contribution in [0.15, 0.2) is 0 Å². The molecule has 0 aliphatic rings. The van der Waals surface area contributed by atoms with Crippen molar-refractivity contribution < 1.29 is 14.3 Å². The third-order valence-corrected chi connectivity index (χ3v) is 2.25. The lowest BCUT2D eigenvalue weighted by Gasteiger charge is -2.22. The molecule has 0 aliphatic heterocycles. The molecule has 96 valence electrons. The van der Waals surface area contributed by atoms with Crippen molar-refractivity contribution in [1.29, 1.82) is 0 Å². The van der Waals surface area contributed by atoms with Crippen molar-refractivity contribution in [3.63, 3.8) is 0 Å². The van der Waals surface area contributed by atoms with E-state index < -0.39 is 0 Å². The molecule has 5 heteroatoms. The third-order valence-electron chi connectivity index (χ3n) is 2.25. The summed E-state index contributed by atoms with van der Waals surface area (Å²) in [5, 5.41) is 2.93. The van der Waals surface area contributed by atoms with Crippen LogP contribution in [-0.2, 0) is 14.3 Å². The molecular weight excluding hydrogens is 208 g/mol. The fourth-order valence-electron chi connectivity index (χ4n) is 1.27. The van der Waals surface area contributed by atoms with E-state index in [1.807, 2.05) is 25.8 Å². The first-order valence-electron chi connectivity index (χ1n) is 5.56. The quantitative estimate of drug-likeness (QED) is 0.602. The Kier molecular flexibility index (Phi) is 8.15. The van der Waals surface area contributed by atoms with Crippen molar-refractivity contribution in [2.75, 3.05) is 40.9 Å². The second-order valence-electron chi connectivity index (χ2n) is 4.05. The van der Waals surface area contributed by atoms with E-state index in [1.54, 1.807) is 7.05 Å². The molecule has 5 nitrogen and oxygen atoms in total. The average molecular weight is 232 g/mol. The first-order chi connectivity index (χ1) is 7.51. The standard InChI is InChI=1S/C11H24N2O3/c1-9(2)16-7-6-13(4)8-10(12-3)11(14)15-5/h9-10,12H,6-8H2,1-5H3. The maximum Gasteiger partial charge on any atom is 0.324 e. The smallest absolute Gasteiger partial charge is 0.324 e. The van der Waals surface area contributed by atoms with Gasteiger partial charge in [-0.05, 0) is 27.9 Å². The van der Waals surface area contributed by atoms with Gasteiger partial charge in [0.15, 0.2) is 0 Å². The van der Waals surface area contributed by atoms with Crippen LogP contribution in [-0.4, -0.2) is 63.9 Å². The molecule has 0 radical (unpaired) electrons. The highest BCUT2D eigenvalue weighted by Gasteiger charge is 2.18. The Morgan fingerprint density at radius 2 is 2.06 bits per heavy atom. The lowest BCUT2D eigenvalue weighted by atomic mass is 10.3. The Balaban J connectivity index is 3.82. The third kappa shape index (κ3) is 6.76. The number of hydrogen-bond donors (Lipinski definition) is 1. The summed E-state index contributed by atoms with van der Waals surface area (Å²) >= 11 is 0. The average Bonchev–Trinajstić information content (AvgIpc) is 2.24. The number of esters is 1. The van der Waals surface area contributed by atoms with Gasteiger partial charge in [-0.25, -0.2) is 0 Å². The second kappa shape index (κ2) is 8.50. The summed E-state index contributed by atoms with van der Waals surface area (Å²) in [6.07, 6.45) is 0.245. The van der Waals surface area contributed by atoms with Crippen molar-refractivity contribution in [3.8, 4) is 0 Å². The van der Waals surface area contributed by atoms with Gasteiger partial charge in [-0.2, -0.15) is 0 Å². The van der Waals surface area contributed by atoms with E-state index in [-0.39, 0.29) is 18.1 Å². The zero-order chi connectivity index (χ0) is 12.6. The van der Waals surface area contributed by atoms with Gasteiger partial charge in [-0.1, -0.05) is 0 Å². The van der Waals surface area contributed by atoms with Crippen LogP contribution in [0.5, 0.6) is 0 Å². The molecule has 0 bridgehead atoms. The summed E-state index contributed by atoms with van der Waals surface area (Å²) < 4.78 is 10.1. The van der Waals surface area contributed by atoms with Gasteiger partial charge in [0.05, 0.1) is 19.8 Å². The maximum absolute atomic E-state index is 11.3. The Bertz CT molecular complexity index is 198. The number of methoxy groups -OCH3 is 1. The van der Waals surface area contributed by atoms with Crippen LogP contribution in [0.2, 0.25) is 0 Å². The summed E-state index contributed by atoms with van der Waals surface area (Å²) in [6.45, 7) is 6.10. The number of likely N-dealkylation sites (N-methyl/N-ethyl adjacent to an activating group) is 2. The van der Waals surface area contributed by atoms with Crippen molar-refractivity contribution in [3.05, 3.63) is 0 Å². The van der Waals surface area contributed by atoms with Crippen molar-refractivity contribution in [1.82, 2.24) is 10.2 Å². The Morgan fingerprint density at radius 1 is 1.44 bits per heavy atom. The van der Waals surface area contributed by atoms with E-state index in [1.165, 1.54) is 7.11 Å². The second-order valence-corrected chi connectivity index (χ2v) is 4.05. The highest BCUT2D eigenvalue weighted by atomic mass is 16.5. The van der Waals surface area contributed by atoms with Gasteiger partial charge in [0.25, 0.3) is 0 Å². The number of carbonyl (C=O) groups is 1. The lowest BCUT2D eigenvalue weighted by Crippen LogP contribution is -2.44. The van der Waals surface area contributed by atoms with Gasteiger partial charge < -0.3 is 19.7 Å². The summed E-state index contributed by atoms with van der Waals surface area (Å²) in [4.78, 5) is 13.4. The molecule has 0 aromatic heterocycles. The molecule has 0 aromatic carbocycles. The molecule has 16 heavy (non-hydrogen) atoms. The molecular formula is C11H24N2O3. The number of rotatable bonds is 8. The largest absolute Gasteiger partial charge is 0.468 e. The van der Waals surface area contributed by atoms with Crippen molar-refractivity contribution >= 4 is 5.97 Å². The SMILES string of the molecule is CNC(CN(C)CCOC(C)C)C(=O)OC. The number of nitrogens with zero attached hydrogens (tertiary/aromatic N) is 1. The van der Waals surface area contributed by atoms with Gasteiger partial charge in [0.2, 0.25) is 0 Å². The van der Waals surface area contributed by atoms with Crippen LogP contribution in [0.3, 0.4) is 0 Å². The number of nitrogens with one attached hydrogen (secondary N) is 1. The number of carbonyl (C=O) groups excluding carboxylic acids is 1. The summed E-state index contributed by atoms with van der Waals surface area (Å²) in [6, 6.07) is -0.283. The monoisotopic (exact) mass is 232 g/mol. The Labute approximate surface area is 98.1 Å². The normalized spacial score (nSPS) is 13.2. The van der Waals surface area contributed by atoms with E-state index in [9.17, 15) is 4.79 Å². The van der Waals surface area contributed by atoms with Gasteiger partial charge in [-0.15, -0.1) is 0 Å². The maximum atomic E-state index is 11.3. The van der Waals surface area contributed by atoms with E-state index in [0.717, 1.165) is 6.54 Å². The van der Waals surface area contributed by atoms with Crippen LogP contribution in [0.25, 0.3) is 0 Å². The van der Waals surface area contributed by atoms with Crippen LogP contribution < -0.4 is 5.32 Å². The molecule has 0 rings (SSSR count). The predicted molar refractivity (Wildman–Crippen MR) is 63.4 cm³/mol. The van der Waals surface area contributed by atoms with Crippen LogP contribution in [0, 0.1) is 0 Å². The summed E-state index contributed by atoms with van der Waals surface area (Å²) in [5.41, 5.74) is 0. The van der Waals surface area contributed by atoms with E-state index >= 15 is 0 Å². The molecule has 0 spiro atoms. The zero-order valence-electron chi connectivity index (χ0n) is 10.9. The Morgan fingerprint density at radius 3 is 2.50 bits per heavy atom. The van der Waals surface area contributed by atoms with Gasteiger partial charge in [0, 0.05) is 13.1 Å². The number of ether oxygens (including phenoxy) is 2. The van der Waals surface area contributed by atoms with E-state index in [0.29, 0.717) is 13.2 Å². The molecule has 0 heterocycles. The molecule has 0 aromatic rings. The van der Waals surface area contributed by atoms with E-state index in [4.69, 9.17) is 4.74 Å². The van der Waals surface area contributed by atoms with Crippen molar-refractivity contribution in [2.45, 2.75) is 26.0 Å². The topological polar surface area (TPSA) is 50.8 Å². The van der Waals surface area contributed by atoms with E-state index in [2.05, 4.69) is 10.1 Å². The molecule has 0 saturated carbocycles. The van der Waals surface area contributed by atoms with Gasteiger partial charge in [-0.3, -0.25) is 4.79 Å². The number of hydrogen-bond acceptors (Lipinski definition) is 5. The molecule has 1 N–H and O–H groups in total. The molecule has 1 atom stereocenters. The molecule has 0 saturated heterocycles. The van der Waals surface area contributed by atoms with Crippen LogP contribution >= 0.6 is 0 Å². The fraction of sp³-hybridized carbons (Fsp3) is 0.909. The van der Waals surface area contributed by atoms with Crippen LogP contribution in [0.4, 0.5) is 0 Å². The van der Waals surface area contributed by atoms with Gasteiger partial charge in [0.1, 0.15) is 6.04 Å². The Hall–Kier alpha value is -0.650. The minimum absolute atomic E-state index is 0.237. The predicted octanol–water partition coefficient (Wildman–Crippen LogP) is 0.104. The first kappa shape index (κ1) is 15.3. The molecule has 1 unspecified atom stereocenters. The van der Waals surface area contributed by atoms with Gasteiger partial charge >= 0.3 is 5.97 Å². The van der Waals surface area contributed by atoms with Crippen molar-refractivity contribution in [2.24, 2.45) is 0 Å². The molecule has 0 aliphatic carbocycles. The van der Waals surface area contributed by atoms with Crippen LogP contribution in [0.1, 0.15) is 13.8 Å². The fourth-order valence-corrected chi connectivity index (χ4v) is 1.27. The highest BCUT2D eigenvalue weighted by Crippen LogP contribution is 1.94. The molecule has 0 fully saturated rings. The highest BCUT2D eigenvalue weighted by molar-refractivity contribution is 5.75. The zero-order valence-corrected chi connectivity index (χ0v) is 10.9. The summed E-state index contributed by atoms with van der Waals surface area (Å²) in [5.74, 6) is -0.237. The minimum atomic E-state index is -0.283. The summed E-state index contributed by atoms with van der Waals surface area (Å²) in [7, 11) is 5.10.